The molecule has 20 heavy (non-hydrogen) atoms. The summed E-state index contributed by atoms with van der Waals surface area (Å²) in [4.78, 5) is 18.4. The second-order valence-electron chi connectivity index (χ2n) is 4.64. The molecule has 0 N–H and O–H groups in total. The minimum Gasteiger partial charge on any atom is -0.480 e. The zero-order valence-electron chi connectivity index (χ0n) is 11.1. The lowest BCUT2D eigenvalue weighted by molar-refractivity contribution is 0.0782. The Morgan fingerprint density at radius 1 is 1.45 bits per heavy atom. The van der Waals surface area contributed by atoms with Crippen molar-refractivity contribution in [2.75, 3.05) is 20.2 Å². The van der Waals surface area contributed by atoms with E-state index in [0.717, 1.165) is 6.42 Å². The number of hydrogen-bond donors (Lipinski definition) is 0. The molecule has 2 aromatic rings. The maximum absolute atomic E-state index is 12.5. The van der Waals surface area contributed by atoms with Gasteiger partial charge in [0.2, 0.25) is 5.88 Å². The van der Waals surface area contributed by atoms with E-state index in [9.17, 15) is 4.79 Å². The van der Waals surface area contributed by atoms with Crippen LogP contribution in [0.1, 0.15) is 22.8 Å². The average Bonchev–Trinajstić information content (AvgIpc) is 3.16. The minimum atomic E-state index is -0.0578. The molecule has 1 atom stereocenters. The lowest BCUT2D eigenvalue weighted by Gasteiger charge is -2.17. The van der Waals surface area contributed by atoms with Crippen LogP contribution in [0, 0.1) is 0 Å². The molecule has 1 saturated heterocycles. The normalized spacial score (nSPS) is 18.2. The van der Waals surface area contributed by atoms with Crippen LogP contribution in [-0.4, -0.2) is 51.0 Å². The van der Waals surface area contributed by atoms with Crippen LogP contribution in [0.5, 0.6) is 5.88 Å². The summed E-state index contributed by atoms with van der Waals surface area (Å²) in [5.74, 6) is 0.305. The number of carbonyl (C=O) groups is 1. The summed E-state index contributed by atoms with van der Waals surface area (Å²) in [7, 11) is 1.52. The summed E-state index contributed by atoms with van der Waals surface area (Å²) in [6, 6.07) is 3.65. The van der Waals surface area contributed by atoms with Crippen LogP contribution >= 0.6 is 0 Å². The van der Waals surface area contributed by atoms with Crippen molar-refractivity contribution in [3.63, 3.8) is 0 Å². The molecule has 0 saturated carbocycles. The van der Waals surface area contributed by atoms with Gasteiger partial charge in [-0.05, 0) is 18.6 Å². The Hall–Kier alpha value is -2.44. The van der Waals surface area contributed by atoms with Crippen molar-refractivity contribution in [3.05, 3.63) is 36.3 Å². The molecule has 0 aromatic carbocycles. The number of amides is 1. The van der Waals surface area contributed by atoms with Gasteiger partial charge in [0.25, 0.3) is 5.91 Å². The third-order valence-corrected chi connectivity index (χ3v) is 3.46. The lowest BCUT2D eigenvalue weighted by Crippen LogP contribution is -2.29. The van der Waals surface area contributed by atoms with Gasteiger partial charge in [-0.3, -0.25) is 4.79 Å². The lowest BCUT2D eigenvalue weighted by atomic mass is 10.2. The van der Waals surface area contributed by atoms with Crippen molar-refractivity contribution >= 4 is 5.91 Å². The Balaban J connectivity index is 1.76. The highest BCUT2D eigenvalue weighted by Gasteiger charge is 2.29. The van der Waals surface area contributed by atoms with E-state index in [1.807, 2.05) is 6.20 Å². The zero-order valence-corrected chi connectivity index (χ0v) is 11.1. The number of hydrogen-bond acceptors (Lipinski definition) is 5. The number of pyridine rings is 1. The first kappa shape index (κ1) is 12.6. The number of ether oxygens (including phenoxy) is 1. The molecule has 7 heteroatoms. The highest BCUT2D eigenvalue weighted by atomic mass is 16.5. The first-order valence-electron chi connectivity index (χ1n) is 6.43. The van der Waals surface area contributed by atoms with Crippen molar-refractivity contribution in [2.24, 2.45) is 0 Å². The molecule has 1 fully saturated rings. The van der Waals surface area contributed by atoms with Crippen molar-refractivity contribution in [2.45, 2.75) is 12.5 Å². The van der Waals surface area contributed by atoms with Gasteiger partial charge in [-0.25, -0.2) is 9.67 Å². The van der Waals surface area contributed by atoms with E-state index in [2.05, 4.69) is 15.3 Å². The summed E-state index contributed by atoms with van der Waals surface area (Å²) in [6.45, 7) is 1.32. The monoisotopic (exact) mass is 273 g/mol. The van der Waals surface area contributed by atoms with Crippen LogP contribution in [0.25, 0.3) is 0 Å². The fraction of sp³-hybridized carbons (Fsp3) is 0.385. The molecule has 3 heterocycles. The van der Waals surface area contributed by atoms with Crippen molar-refractivity contribution in [1.29, 1.82) is 0 Å². The molecule has 0 aliphatic carbocycles. The second-order valence-corrected chi connectivity index (χ2v) is 4.64. The van der Waals surface area contributed by atoms with E-state index < -0.39 is 0 Å². The molecule has 1 aliphatic rings. The first-order valence-corrected chi connectivity index (χ1v) is 6.43. The topological polar surface area (TPSA) is 73.1 Å². The van der Waals surface area contributed by atoms with Gasteiger partial charge in [-0.2, -0.15) is 0 Å². The van der Waals surface area contributed by atoms with E-state index >= 15 is 0 Å². The molecule has 104 valence electrons. The largest absolute Gasteiger partial charge is 0.480 e. The molecule has 0 radical (unpaired) electrons. The third kappa shape index (κ3) is 2.22. The predicted octanol–water partition coefficient (Wildman–Crippen LogP) is 0.769. The van der Waals surface area contributed by atoms with E-state index in [1.165, 1.54) is 7.11 Å². The molecule has 3 rings (SSSR count). The summed E-state index contributed by atoms with van der Waals surface area (Å²) >= 11 is 0. The quantitative estimate of drug-likeness (QED) is 0.825. The number of likely N-dealkylation sites (tertiary alicyclic amines) is 1. The van der Waals surface area contributed by atoms with E-state index in [0.29, 0.717) is 24.5 Å². The van der Waals surface area contributed by atoms with Crippen LogP contribution in [0.2, 0.25) is 0 Å². The Morgan fingerprint density at radius 2 is 2.35 bits per heavy atom. The molecule has 2 aromatic heterocycles. The Morgan fingerprint density at radius 3 is 3.10 bits per heavy atom. The summed E-state index contributed by atoms with van der Waals surface area (Å²) in [5.41, 5.74) is 0.495. The number of methoxy groups -OCH3 is 1. The molecule has 1 amide bonds. The molecule has 0 unspecified atom stereocenters. The first-order chi connectivity index (χ1) is 9.79. The highest BCUT2D eigenvalue weighted by molar-refractivity contribution is 5.96. The highest BCUT2D eigenvalue weighted by Crippen LogP contribution is 2.24. The smallest absolute Gasteiger partial charge is 0.259 e. The zero-order chi connectivity index (χ0) is 13.9. The number of rotatable bonds is 3. The molecule has 0 spiro atoms. The SMILES string of the molecule is COc1ncccc1C(=O)N1CC[C@@H](n2ccnn2)C1. The Labute approximate surface area is 116 Å². The van der Waals surface area contributed by atoms with Crippen molar-refractivity contribution in [3.8, 4) is 5.88 Å². The molecular formula is C13H15N5O2. The molecule has 7 nitrogen and oxygen atoms in total. The minimum absolute atomic E-state index is 0.0578. The van der Waals surface area contributed by atoms with Crippen molar-refractivity contribution < 1.29 is 9.53 Å². The van der Waals surface area contributed by atoms with Gasteiger partial charge in [-0.1, -0.05) is 5.21 Å². The van der Waals surface area contributed by atoms with Gasteiger partial charge in [0, 0.05) is 25.5 Å². The van der Waals surface area contributed by atoms with Gasteiger partial charge in [-0.15, -0.1) is 5.10 Å². The number of nitrogens with zero attached hydrogens (tertiary/aromatic N) is 5. The molecular weight excluding hydrogens is 258 g/mol. The summed E-state index contributed by atoms with van der Waals surface area (Å²) < 4.78 is 6.94. The van der Waals surface area contributed by atoms with E-state index in [4.69, 9.17) is 4.74 Å². The Kier molecular flexibility index (Phi) is 3.32. The summed E-state index contributed by atoms with van der Waals surface area (Å²) in [6.07, 6.45) is 5.95. The molecule has 0 bridgehead atoms. The van der Waals surface area contributed by atoms with Gasteiger partial charge < -0.3 is 9.64 Å². The van der Waals surface area contributed by atoms with Crippen molar-refractivity contribution in [1.82, 2.24) is 24.9 Å². The fourth-order valence-electron chi connectivity index (χ4n) is 2.44. The van der Waals surface area contributed by atoms with Crippen LogP contribution in [-0.2, 0) is 0 Å². The van der Waals surface area contributed by atoms with E-state index in [-0.39, 0.29) is 11.9 Å². The number of carbonyl (C=O) groups excluding carboxylic acids is 1. The number of aromatic nitrogens is 4. The molecule has 1 aliphatic heterocycles. The van der Waals surface area contributed by atoms with Crippen LogP contribution in [0.15, 0.2) is 30.7 Å². The van der Waals surface area contributed by atoms with Gasteiger partial charge in [0.1, 0.15) is 5.56 Å². The Bertz CT molecular complexity index is 599. The fourth-order valence-corrected chi connectivity index (χ4v) is 2.44. The van der Waals surface area contributed by atoms with Crippen LogP contribution in [0.3, 0.4) is 0 Å². The van der Waals surface area contributed by atoms with Gasteiger partial charge >= 0.3 is 0 Å². The van der Waals surface area contributed by atoms with Gasteiger partial charge in [0.05, 0.1) is 19.3 Å². The average molecular weight is 273 g/mol. The maximum atomic E-state index is 12.5. The van der Waals surface area contributed by atoms with Crippen LogP contribution in [0.4, 0.5) is 0 Å². The third-order valence-electron chi connectivity index (χ3n) is 3.46. The second kappa shape index (κ2) is 5.28. The standard InChI is InChI=1S/C13H15N5O2/c1-20-12-11(3-2-5-14-12)13(19)17-7-4-10(9-17)18-8-6-15-16-18/h2-3,5-6,8,10H,4,7,9H2,1H3/t10-/m1/s1. The predicted molar refractivity (Wildman–Crippen MR) is 70.4 cm³/mol. The van der Waals surface area contributed by atoms with Gasteiger partial charge in [0.15, 0.2) is 0 Å². The van der Waals surface area contributed by atoms with E-state index in [1.54, 1.807) is 34.1 Å². The van der Waals surface area contributed by atoms with Crippen LogP contribution < -0.4 is 4.74 Å². The summed E-state index contributed by atoms with van der Waals surface area (Å²) in [5, 5.41) is 7.79. The maximum Gasteiger partial charge on any atom is 0.259 e.